The lowest BCUT2D eigenvalue weighted by Crippen LogP contribution is -2.28. The van der Waals surface area contributed by atoms with Crippen LogP contribution in [0.4, 0.5) is 0 Å². The van der Waals surface area contributed by atoms with Crippen LogP contribution in [-0.4, -0.2) is 35.4 Å². The first-order valence-electron chi connectivity index (χ1n) is 5.74. The maximum absolute atomic E-state index is 10.3. The molecule has 17 heavy (non-hydrogen) atoms. The van der Waals surface area contributed by atoms with E-state index in [2.05, 4.69) is 5.32 Å². The van der Waals surface area contributed by atoms with Crippen molar-refractivity contribution < 1.29 is 19.4 Å². The van der Waals surface area contributed by atoms with Gasteiger partial charge in [0.25, 0.3) is 0 Å². The number of aliphatic carboxylic acids is 1. The Morgan fingerprint density at radius 1 is 1.53 bits per heavy atom. The van der Waals surface area contributed by atoms with Gasteiger partial charge in [0.1, 0.15) is 11.5 Å². The molecule has 0 bridgehead atoms. The first-order chi connectivity index (χ1) is 8.08. The van der Waals surface area contributed by atoms with Gasteiger partial charge in [0.15, 0.2) is 0 Å². The van der Waals surface area contributed by atoms with Gasteiger partial charge in [-0.15, -0.1) is 0 Å². The summed E-state index contributed by atoms with van der Waals surface area (Å²) < 4.78 is 5.39. The Hall–Kier alpha value is -1.33. The molecule has 0 amide bonds. The molecule has 1 unspecified atom stereocenters. The Balaban J connectivity index is 2.05. The second-order valence-corrected chi connectivity index (χ2v) is 4.05. The van der Waals surface area contributed by atoms with Crippen molar-refractivity contribution in [2.24, 2.45) is 0 Å². The van der Waals surface area contributed by atoms with Crippen LogP contribution in [0.25, 0.3) is 0 Å². The van der Waals surface area contributed by atoms with Gasteiger partial charge in [-0.3, -0.25) is 4.79 Å². The van der Waals surface area contributed by atoms with E-state index in [4.69, 9.17) is 9.52 Å². The van der Waals surface area contributed by atoms with Gasteiger partial charge < -0.3 is 19.9 Å². The average molecular weight is 241 g/mol. The number of furan rings is 1. The van der Waals surface area contributed by atoms with Crippen LogP contribution in [0.1, 0.15) is 24.4 Å². The number of aliphatic hydroxyl groups is 1. The van der Waals surface area contributed by atoms with Crippen LogP contribution in [0.5, 0.6) is 0 Å². The molecule has 0 aromatic carbocycles. The predicted octanol–water partition coefficient (Wildman–Crippen LogP) is 0.946. The Morgan fingerprint density at radius 2 is 2.29 bits per heavy atom. The maximum atomic E-state index is 10.3. The zero-order valence-electron chi connectivity index (χ0n) is 9.98. The summed E-state index contributed by atoms with van der Waals surface area (Å²) in [6.07, 6.45) is 0.437. The summed E-state index contributed by atoms with van der Waals surface area (Å²) in [5.41, 5.74) is 0. The summed E-state index contributed by atoms with van der Waals surface area (Å²) in [4.78, 5) is 10.3. The van der Waals surface area contributed by atoms with Crippen LogP contribution in [0.3, 0.4) is 0 Å². The van der Waals surface area contributed by atoms with Crippen LogP contribution in [-0.2, 0) is 11.2 Å². The lowest BCUT2D eigenvalue weighted by Gasteiger charge is -2.09. The SMILES string of the molecule is Cc1ccc(CCNCC(O)CCC(=O)O)o1. The van der Waals surface area contributed by atoms with E-state index >= 15 is 0 Å². The lowest BCUT2D eigenvalue weighted by atomic mass is 10.2. The van der Waals surface area contributed by atoms with Gasteiger partial charge in [0.05, 0.1) is 6.10 Å². The minimum Gasteiger partial charge on any atom is -0.481 e. The van der Waals surface area contributed by atoms with Crippen molar-refractivity contribution in [2.45, 2.75) is 32.3 Å². The third kappa shape index (κ3) is 6.09. The average Bonchev–Trinajstić information content (AvgIpc) is 2.68. The molecule has 5 heteroatoms. The summed E-state index contributed by atoms with van der Waals surface area (Å²) in [5, 5.41) is 21.0. The van der Waals surface area contributed by atoms with Crippen molar-refractivity contribution in [3.8, 4) is 0 Å². The van der Waals surface area contributed by atoms with E-state index in [9.17, 15) is 9.90 Å². The molecule has 1 heterocycles. The smallest absolute Gasteiger partial charge is 0.303 e. The van der Waals surface area contributed by atoms with Crippen molar-refractivity contribution in [3.63, 3.8) is 0 Å². The third-order valence-corrected chi connectivity index (χ3v) is 2.42. The first kappa shape index (κ1) is 13.7. The molecule has 0 aliphatic rings. The van der Waals surface area contributed by atoms with E-state index in [-0.39, 0.29) is 12.8 Å². The Morgan fingerprint density at radius 3 is 2.88 bits per heavy atom. The minimum absolute atomic E-state index is 0.000223. The predicted molar refractivity (Wildman–Crippen MR) is 62.9 cm³/mol. The van der Waals surface area contributed by atoms with Crippen LogP contribution in [0.2, 0.25) is 0 Å². The highest BCUT2D eigenvalue weighted by atomic mass is 16.4. The van der Waals surface area contributed by atoms with Gasteiger partial charge in [-0.05, 0) is 25.5 Å². The quantitative estimate of drug-likeness (QED) is 0.590. The number of nitrogens with one attached hydrogen (secondary N) is 1. The molecule has 0 aliphatic heterocycles. The van der Waals surface area contributed by atoms with Gasteiger partial charge in [-0.1, -0.05) is 0 Å². The molecule has 1 rings (SSSR count). The summed E-state index contributed by atoms with van der Waals surface area (Å²) in [7, 11) is 0. The summed E-state index contributed by atoms with van der Waals surface area (Å²) in [6.45, 7) is 3.01. The highest BCUT2D eigenvalue weighted by molar-refractivity contribution is 5.66. The number of rotatable bonds is 8. The second kappa shape index (κ2) is 7.09. The third-order valence-electron chi connectivity index (χ3n) is 2.42. The summed E-state index contributed by atoms with van der Waals surface area (Å²) in [5.74, 6) is 0.923. The van der Waals surface area contributed by atoms with E-state index in [0.29, 0.717) is 13.1 Å². The molecule has 0 saturated heterocycles. The molecular weight excluding hydrogens is 222 g/mol. The fourth-order valence-electron chi connectivity index (χ4n) is 1.49. The zero-order chi connectivity index (χ0) is 12.7. The van der Waals surface area contributed by atoms with E-state index in [1.54, 1.807) is 0 Å². The number of aliphatic hydroxyl groups excluding tert-OH is 1. The molecule has 1 atom stereocenters. The number of hydrogen-bond acceptors (Lipinski definition) is 4. The van der Waals surface area contributed by atoms with Crippen molar-refractivity contribution >= 4 is 5.97 Å². The van der Waals surface area contributed by atoms with Crippen LogP contribution >= 0.6 is 0 Å². The Kier molecular flexibility index (Phi) is 5.72. The van der Waals surface area contributed by atoms with Crippen molar-refractivity contribution in [1.29, 1.82) is 0 Å². The summed E-state index contributed by atoms with van der Waals surface area (Å²) >= 11 is 0. The van der Waals surface area contributed by atoms with E-state index in [1.807, 2.05) is 19.1 Å². The van der Waals surface area contributed by atoms with Crippen LogP contribution in [0.15, 0.2) is 16.5 Å². The van der Waals surface area contributed by atoms with Gasteiger partial charge in [0, 0.05) is 25.9 Å². The molecular formula is C12H19NO4. The molecule has 0 fully saturated rings. The standard InChI is InChI=1S/C12H19NO4/c1-9-2-4-11(17-9)6-7-13-8-10(14)3-5-12(15)16/h2,4,10,13-14H,3,5-8H2,1H3,(H,15,16). The molecule has 5 nitrogen and oxygen atoms in total. The van der Waals surface area contributed by atoms with Gasteiger partial charge >= 0.3 is 5.97 Å². The number of carbonyl (C=O) groups is 1. The van der Waals surface area contributed by atoms with Crippen molar-refractivity contribution in [3.05, 3.63) is 23.7 Å². The molecule has 96 valence electrons. The van der Waals surface area contributed by atoms with Crippen LogP contribution in [0, 0.1) is 6.92 Å². The Labute approximate surface area is 100 Å². The lowest BCUT2D eigenvalue weighted by molar-refractivity contribution is -0.137. The second-order valence-electron chi connectivity index (χ2n) is 4.05. The van der Waals surface area contributed by atoms with E-state index in [0.717, 1.165) is 17.9 Å². The maximum Gasteiger partial charge on any atom is 0.303 e. The number of carboxylic acid groups (broad SMARTS) is 1. The van der Waals surface area contributed by atoms with Crippen molar-refractivity contribution in [2.75, 3.05) is 13.1 Å². The summed E-state index contributed by atoms with van der Waals surface area (Å²) in [6, 6.07) is 3.84. The van der Waals surface area contributed by atoms with Gasteiger partial charge in [0.2, 0.25) is 0 Å². The number of hydrogen-bond donors (Lipinski definition) is 3. The molecule has 1 aromatic rings. The fourth-order valence-corrected chi connectivity index (χ4v) is 1.49. The van der Waals surface area contributed by atoms with Gasteiger partial charge in [-0.25, -0.2) is 0 Å². The first-order valence-corrected chi connectivity index (χ1v) is 5.74. The van der Waals surface area contributed by atoms with Crippen molar-refractivity contribution in [1.82, 2.24) is 5.32 Å². The van der Waals surface area contributed by atoms with Crippen LogP contribution < -0.4 is 5.32 Å². The minimum atomic E-state index is -0.880. The van der Waals surface area contributed by atoms with E-state index < -0.39 is 12.1 Å². The van der Waals surface area contributed by atoms with E-state index in [1.165, 1.54) is 0 Å². The largest absolute Gasteiger partial charge is 0.481 e. The molecule has 3 N–H and O–H groups in total. The zero-order valence-corrected chi connectivity index (χ0v) is 9.98. The van der Waals surface area contributed by atoms with Gasteiger partial charge in [-0.2, -0.15) is 0 Å². The topological polar surface area (TPSA) is 82.7 Å². The molecule has 1 aromatic heterocycles. The fraction of sp³-hybridized carbons (Fsp3) is 0.583. The monoisotopic (exact) mass is 241 g/mol. The Bertz CT molecular complexity index is 348. The molecule has 0 saturated carbocycles. The number of aryl methyl sites for hydroxylation is 1. The molecule has 0 aliphatic carbocycles. The molecule has 0 radical (unpaired) electrons. The molecule has 0 spiro atoms. The highest BCUT2D eigenvalue weighted by Crippen LogP contribution is 2.06. The normalized spacial score (nSPS) is 12.6. The number of carboxylic acids is 1. The highest BCUT2D eigenvalue weighted by Gasteiger charge is 2.06.